The number of halogens is 1. The Morgan fingerprint density at radius 1 is 1.00 bits per heavy atom. The van der Waals surface area contributed by atoms with Crippen LogP contribution in [-0.4, -0.2) is 44.1 Å². The van der Waals surface area contributed by atoms with Gasteiger partial charge in [-0.05, 0) is 35.4 Å². The molecule has 0 radical (unpaired) electrons. The van der Waals surface area contributed by atoms with E-state index in [1.165, 1.54) is 12.1 Å². The molecule has 2 amide bonds. The molecule has 1 aliphatic rings. The Morgan fingerprint density at radius 2 is 1.71 bits per heavy atom. The number of para-hydroxylation sites is 1. The molecule has 34 heavy (non-hydrogen) atoms. The number of nitrogens with zero attached hydrogens (tertiary/aromatic N) is 1. The predicted octanol–water partition coefficient (Wildman–Crippen LogP) is 4.08. The van der Waals surface area contributed by atoms with Gasteiger partial charge in [0, 0.05) is 31.3 Å². The molecule has 7 heteroatoms. The number of hydrogen-bond donors (Lipinski definition) is 1. The number of ether oxygens (including phenoxy) is 2. The molecule has 3 aromatic rings. The molecular weight excluding hydrogens is 435 g/mol. The number of benzene rings is 3. The summed E-state index contributed by atoms with van der Waals surface area (Å²) >= 11 is 0. The smallest absolute Gasteiger partial charge is 0.254 e. The maximum Gasteiger partial charge on any atom is 0.254 e. The summed E-state index contributed by atoms with van der Waals surface area (Å²) in [6.45, 7) is 0.868. The monoisotopic (exact) mass is 462 g/mol. The molecule has 1 aliphatic heterocycles. The van der Waals surface area contributed by atoms with Crippen LogP contribution in [0, 0.1) is 5.82 Å². The third kappa shape index (κ3) is 4.65. The van der Waals surface area contributed by atoms with Crippen molar-refractivity contribution in [1.82, 2.24) is 10.2 Å². The van der Waals surface area contributed by atoms with Crippen molar-refractivity contribution in [2.24, 2.45) is 0 Å². The standard InChI is InChI=1S/C27H27FN2O4/c1-33-16-15-30-25(18-11-13-20(28)14-12-18)24(21-8-4-5-9-22(21)27(30)32)26(31)29-17-19-7-3-6-10-23(19)34-2/h3-14,24-25H,15-17H2,1-2H3,(H,29,31)/t24-,25+/m0/s1. The molecule has 0 unspecified atom stereocenters. The Kier molecular flexibility index (Phi) is 7.23. The van der Waals surface area contributed by atoms with E-state index in [0.717, 1.165) is 5.56 Å². The van der Waals surface area contributed by atoms with Crippen LogP contribution in [0.1, 0.15) is 39.0 Å². The number of nitrogens with one attached hydrogen (secondary N) is 1. The molecular formula is C27H27FN2O4. The van der Waals surface area contributed by atoms with Gasteiger partial charge < -0.3 is 19.7 Å². The van der Waals surface area contributed by atoms with Crippen molar-refractivity contribution in [3.05, 3.63) is 101 Å². The molecule has 0 aromatic heterocycles. The van der Waals surface area contributed by atoms with E-state index in [0.29, 0.717) is 35.6 Å². The van der Waals surface area contributed by atoms with E-state index in [2.05, 4.69) is 5.32 Å². The number of methoxy groups -OCH3 is 2. The Bertz CT molecular complexity index is 1170. The SMILES string of the molecule is COCCN1C(=O)c2ccccc2[C@H](C(=O)NCc2ccccc2OC)[C@H]1c1ccc(F)cc1. The second kappa shape index (κ2) is 10.5. The van der Waals surface area contributed by atoms with E-state index in [1.807, 2.05) is 36.4 Å². The molecule has 6 nitrogen and oxygen atoms in total. The van der Waals surface area contributed by atoms with Crippen LogP contribution in [0.15, 0.2) is 72.8 Å². The van der Waals surface area contributed by atoms with Gasteiger partial charge in [0.2, 0.25) is 5.91 Å². The lowest BCUT2D eigenvalue weighted by Crippen LogP contribution is -2.48. The number of amides is 2. The van der Waals surface area contributed by atoms with Crippen LogP contribution < -0.4 is 10.1 Å². The molecule has 1 N–H and O–H groups in total. The predicted molar refractivity (Wildman–Crippen MR) is 126 cm³/mol. The fourth-order valence-corrected chi connectivity index (χ4v) is 4.48. The lowest BCUT2D eigenvalue weighted by molar-refractivity contribution is -0.124. The average molecular weight is 463 g/mol. The van der Waals surface area contributed by atoms with Crippen LogP contribution in [0.5, 0.6) is 5.75 Å². The van der Waals surface area contributed by atoms with E-state index in [4.69, 9.17) is 9.47 Å². The maximum absolute atomic E-state index is 13.7. The number of carbonyl (C=O) groups excluding carboxylic acids is 2. The summed E-state index contributed by atoms with van der Waals surface area (Å²) in [5, 5.41) is 3.02. The molecule has 3 aromatic carbocycles. The van der Waals surface area contributed by atoms with Gasteiger partial charge in [-0.25, -0.2) is 4.39 Å². The summed E-state index contributed by atoms with van der Waals surface area (Å²) in [6, 6.07) is 20.0. The minimum atomic E-state index is -0.689. The van der Waals surface area contributed by atoms with Gasteiger partial charge in [0.05, 0.1) is 25.7 Å². The number of hydrogen-bond acceptors (Lipinski definition) is 4. The second-order valence-electron chi connectivity index (χ2n) is 8.08. The third-order valence-corrected chi connectivity index (χ3v) is 6.11. The molecule has 0 aliphatic carbocycles. The van der Waals surface area contributed by atoms with Gasteiger partial charge in [-0.3, -0.25) is 9.59 Å². The largest absolute Gasteiger partial charge is 0.496 e. The molecule has 4 rings (SSSR count). The minimum absolute atomic E-state index is 0.184. The molecule has 0 bridgehead atoms. The van der Waals surface area contributed by atoms with Crippen molar-refractivity contribution in [1.29, 1.82) is 0 Å². The third-order valence-electron chi connectivity index (χ3n) is 6.11. The van der Waals surface area contributed by atoms with E-state index in [-0.39, 0.29) is 24.2 Å². The van der Waals surface area contributed by atoms with Crippen molar-refractivity contribution >= 4 is 11.8 Å². The number of rotatable bonds is 8. The van der Waals surface area contributed by atoms with Gasteiger partial charge in [0.1, 0.15) is 11.6 Å². The molecule has 0 fully saturated rings. The molecule has 1 heterocycles. The van der Waals surface area contributed by atoms with Crippen LogP contribution in [-0.2, 0) is 16.1 Å². The first-order chi connectivity index (χ1) is 16.5. The average Bonchev–Trinajstić information content (AvgIpc) is 2.87. The summed E-state index contributed by atoms with van der Waals surface area (Å²) < 4.78 is 24.4. The van der Waals surface area contributed by atoms with E-state index < -0.39 is 12.0 Å². The van der Waals surface area contributed by atoms with E-state index in [9.17, 15) is 14.0 Å². The topological polar surface area (TPSA) is 67.9 Å². The van der Waals surface area contributed by atoms with Gasteiger partial charge >= 0.3 is 0 Å². The molecule has 0 spiro atoms. The minimum Gasteiger partial charge on any atom is -0.496 e. The zero-order chi connectivity index (χ0) is 24.1. The quantitative estimate of drug-likeness (QED) is 0.548. The van der Waals surface area contributed by atoms with Crippen LogP contribution in [0.3, 0.4) is 0 Å². The van der Waals surface area contributed by atoms with Gasteiger partial charge in [-0.15, -0.1) is 0 Å². The van der Waals surface area contributed by atoms with Crippen LogP contribution in [0.2, 0.25) is 0 Å². The lowest BCUT2D eigenvalue weighted by Gasteiger charge is -2.41. The first-order valence-electron chi connectivity index (χ1n) is 11.1. The molecule has 0 saturated heterocycles. The highest BCUT2D eigenvalue weighted by molar-refractivity contribution is 6.01. The van der Waals surface area contributed by atoms with Crippen molar-refractivity contribution in [2.45, 2.75) is 18.5 Å². The summed E-state index contributed by atoms with van der Waals surface area (Å²) in [5.41, 5.74) is 2.65. The number of carbonyl (C=O) groups is 2. The molecule has 176 valence electrons. The van der Waals surface area contributed by atoms with Crippen LogP contribution in [0.25, 0.3) is 0 Å². The number of fused-ring (bicyclic) bond motifs is 1. The van der Waals surface area contributed by atoms with E-state index >= 15 is 0 Å². The fraction of sp³-hybridized carbons (Fsp3) is 0.259. The second-order valence-corrected chi connectivity index (χ2v) is 8.08. The maximum atomic E-state index is 13.7. The zero-order valence-electron chi connectivity index (χ0n) is 19.2. The first kappa shape index (κ1) is 23.4. The summed E-state index contributed by atoms with van der Waals surface area (Å²) in [4.78, 5) is 28.8. The first-order valence-corrected chi connectivity index (χ1v) is 11.1. The van der Waals surface area contributed by atoms with Crippen LogP contribution in [0.4, 0.5) is 4.39 Å². The molecule has 0 saturated carbocycles. The normalized spacial score (nSPS) is 17.3. The van der Waals surface area contributed by atoms with Gasteiger partial charge in [-0.1, -0.05) is 48.5 Å². The summed E-state index contributed by atoms with van der Waals surface area (Å²) in [6.07, 6.45) is 0. The highest BCUT2D eigenvalue weighted by atomic mass is 19.1. The Labute approximate surface area is 198 Å². The van der Waals surface area contributed by atoms with Crippen molar-refractivity contribution in [2.75, 3.05) is 27.4 Å². The lowest BCUT2D eigenvalue weighted by atomic mass is 9.79. The highest BCUT2D eigenvalue weighted by Crippen LogP contribution is 2.42. The Morgan fingerprint density at radius 3 is 2.44 bits per heavy atom. The van der Waals surface area contributed by atoms with Crippen LogP contribution >= 0.6 is 0 Å². The summed E-state index contributed by atoms with van der Waals surface area (Å²) in [5.74, 6) is -0.810. The van der Waals surface area contributed by atoms with Gasteiger partial charge in [0.15, 0.2) is 0 Å². The van der Waals surface area contributed by atoms with Gasteiger partial charge in [0.25, 0.3) is 5.91 Å². The fourth-order valence-electron chi connectivity index (χ4n) is 4.48. The molecule has 2 atom stereocenters. The zero-order valence-corrected chi connectivity index (χ0v) is 19.2. The highest BCUT2D eigenvalue weighted by Gasteiger charge is 2.43. The Hall–Kier alpha value is -3.71. The van der Waals surface area contributed by atoms with Gasteiger partial charge in [-0.2, -0.15) is 0 Å². The summed E-state index contributed by atoms with van der Waals surface area (Å²) in [7, 11) is 3.15. The van der Waals surface area contributed by atoms with E-state index in [1.54, 1.807) is 43.4 Å². The van der Waals surface area contributed by atoms with Crippen molar-refractivity contribution in [3.63, 3.8) is 0 Å². The van der Waals surface area contributed by atoms with Crippen molar-refractivity contribution in [3.8, 4) is 5.75 Å². The Balaban J connectivity index is 1.75. The van der Waals surface area contributed by atoms with Crippen molar-refractivity contribution < 1.29 is 23.5 Å².